The first kappa shape index (κ1) is 16.6. The zero-order valence-corrected chi connectivity index (χ0v) is 14.8. The number of carbonyl (C=O) groups excluding carboxylic acids is 1. The predicted octanol–water partition coefficient (Wildman–Crippen LogP) is 2.18. The Morgan fingerprint density at radius 1 is 1.31 bits per heavy atom. The molecule has 0 bridgehead atoms. The van der Waals surface area contributed by atoms with Crippen LogP contribution in [0.4, 0.5) is 0 Å². The predicted molar refractivity (Wildman–Crippen MR) is 97.0 cm³/mol. The molecule has 0 atom stereocenters. The molecule has 2 aromatic heterocycles. The summed E-state index contributed by atoms with van der Waals surface area (Å²) in [4.78, 5) is 28.7. The number of para-hydroxylation sites is 2. The lowest BCUT2D eigenvalue weighted by Gasteiger charge is -2.26. The van der Waals surface area contributed by atoms with Crippen LogP contribution in [0.25, 0.3) is 11.1 Å². The second-order valence-corrected chi connectivity index (χ2v) is 6.81. The van der Waals surface area contributed by atoms with Gasteiger partial charge in [0.15, 0.2) is 5.58 Å². The van der Waals surface area contributed by atoms with Gasteiger partial charge in [0.05, 0.1) is 5.52 Å². The topological polar surface area (TPSA) is 82.1 Å². The Morgan fingerprint density at radius 3 is 2.88 bits per heavy atom. The highest BCUT2D eigenvalue weighted by atomic mass is 16.4. The number of nitrogens with zero attached hydrogens (tertiary/aromatic N) is 3. The average Bonchev–Trinajstić information content (AvgIpc) is 3.08. The number of oxazole rings is 1. The lowest BCUT2D eigenvalue weighted by atomic mass is 9.85. The minimum Gasteiger partial charge on any atom is -0.408 e. The Bertz CT molecular complexity index is 994. The summed E-state index contributed by atoms with van der Waals surface area (Å²) in [5, 5.41) is 2.89. The maximum atomic E-state index is 12.3. The molecule has 1 saturated carbocycles. The van der Waals surface area contributed by atoms with Crippen molar-refractivity contribution in [1.29, 1.82) is 0 Å². The van der Waals surface area contributed by atoms with E-state index in [0.29, 0.717) is 30.1 Å². The van der Waals surface area contributed by atoms with E-state index in [9.17, 15) is 9.59 Å². The Morgan fingerprint density at radius 2 is 2.12 bits per heavy atom. The molecular formula is C19H22N4O3. The fourth-order valence-corrected chi connectivity index (χ4v) is 3.43. The molecule has 0 radical (unpaired) electrons. The Kier molecular flexibility index (Phi) is 4.36. The van der Waals surface area contributed by atoms with E-state index < -0.39 is 5.76 Å². The van der Waals surface area contributed by atoms with Gasteiger partial charge in [0, 0.05) is 30.9 Å². The van der Waals surface area contributed by atoms with E-state index in [1.807, 2.05) is 19.2 Å². The minimum atomic E-state index is -0.515. The Labute approximate surface area is 150 Å². The lowest BCUT2D eigenvalue weighted by molar-refractivity contribution is -0.121. The van der Waals surface area contributed by atoms with E-state index in [4.69, 9.17) is 4.42 Å². The third-order valence-corrected chi connectivity index (χ3v) is 5.09. The smallest absolute Gasteiger partial charge is 0.408 e. The van der Waals surface area contributed by atoms with Crippen LogP contribution in [0.5, 0.6) is 0 Å². The molecule has 1 N–H and O–H groups in total. The second kappa shape index (κ2) is 6.82. The summed E-state index contributed by atoms with van der Waals surface area (Å²) in [6.07, 6.45) is 5.55. The zero-order valence-electron chi connectivity index (χ0n) is 14.8. The van der Waals surface area contributed by atoms with Gasteiger partial charge in [0.25, 0.3) is 0 Å². The molecule has 7 nitrogen and oxygen atoms in total. The van der Waals surface area contributed by atoms with Gasteiger partial charge in [-0.2, -0.15) is 0 Å². The molecule has 1 aliphatic carbocycles. The molecule has 0 saturated heterocycles. The van der Waals surface area contributed by atoms with Crippen molar-refractivity contribution in [3.63, 3.8) is 0 Å². The molecule has 3 aromatic rings. The van der Waals surface area contributed by atoms with Crippen molar-refractivity contribution in [2.24, 2.45) is 0 Å². The van der Waals surface area contributed by atoms with Gasteiger partial charge in [-0.05, 0) is 31.9 Å². The van der Waals surface area contributed by atoms with E-state index in [-0.39, 0.29) is 12.5 Å². The number of rotatable bonds is 6. The summed E-state index contributed by atoms with van der Waals surface area (Å²) in [7, 11) is 0. The average molecular weight is 354 g/mol. The summed E-state index contributed by atoms with van der Waals surface area (Å²) >= 11 is 0. The third-order valence-electron chi connectivity index (χ3n) is 5.09. The number of fused-ring (bicyclic) bond motifs is 1. The summed E-state index contributed by atoms with van der Waals surface area (Å²) in [5.41, 5.74) is 2.23. The van der Waals surface area contributed by atoms with Gasteiger partial charge >= 0.3 is 5.76 Å². The number of imidazole rings is 1. The summed E-state index contributed by atoms with van der Waals surface area (Å²) in [6, 6.07) is 7.10. The fraction of sp³-hybridized carbons (Fsp3) is 0.421. The molecule has 1 amide bonds. The third kappa shape index (κ3) is 3.05. The number of hydrogen-bond acceptors (Lipinski definition) is 4. The van der Waals surface area contributed by atoms with Gasteiger partial charge in [-0.15, -0.1) is 0 Å². The van der Waals surface area contributed by atoms with Gasteiger partial charge in [0.1, 0.15) is 12.4 Å². The first-order valence-electron chi connectivity index (χ1n) is 9.00. The molecule has 0 spiro atoms. The number of nitrogens with one attached hydrogen (secondary N) is 1. The van der Waals surface area contributed by atoms with E-state index in [1.54, 1.807) is 18.2 Å². The van der Waals surface area contributed by atoms with Crippen molar-refractivity contribution >= 4 is 17.0 Å². The van der Waals surface area contributed by atoms with Gasteiger partial charge in [-0.25, -0.2) is 9.78 Å². The molecule has 0 aliphatic heterocycles. The number of amides is 1. The van der Waals surface area contributed by atoms with Crippen LogP contribution in [0.15, 0.2) is 39.7 Å². The van der Waals surface area contributed by atoms with E-state index in [2.05, 4.69) is 14.9 Å². The lowest BCUT2D eigenvalue weighted by Crippen LogP contribution is -2.33. The van der Waals surface area contributed by atoms with Gasteiger partial charge in [-0.1, -0.05) is 18.6 Å². The zero-order chi connectivity index (χ0) is 18.1. The molecular weight excluding hydrogens is 332 g/mol. The fourth-order valence-electron chi connectivity index (χ4n) is 3.43. The van der Waals surface area contributed by atoms with Crippen LogP contribution in [0, 0.1) is 6.92 Å². The molecule has 0 unspecified atom stereocenters. The minimum absolute atomic E-state index is 0.0474. The molecule has 4 rings (SSSR count). The molecule has 1 fully saturated rings. The number of aromatic nitrogens is 3. The highest BCUT2D eigenvalue weighted by molar-refractivity contribution is 5.79. The van der Waals surface area contributed by atoms with E-state index in [0.717, 1.165) is 11.5 Å². The normalized spacial score (nSPS) is 14.5. The van der Waals surface area contributed by atoms with Crippen LogP contribution in [0.3, 0.4) is 0 Å². The van der Waals surface area contributed by atoms with Crippen LogP contribution >= 0.6 is 0 Å². The van der Waals surface area contributed by atoms with Gasteiger partial charge < -0.3 is 14.3 Å². The first-order valence-corrected chi connectivity index (χ1v) is 9.00. The molecule has 136 valence electrons. The van der Waals surface area contributed by atoms with Crippen molar-refractivity contribution in [1.82, 2.24) is 19.4 Å². The van der Waals surface area contributed by atoms with Crippen LogP contribution in [0.2, 0.25) is 0 Å². The van der Waals surface area contributed by atoms with E-state index in [1.165, 1.54) is 23.8 Å². The van der Waals surface area contributed by atoms with Crippen molar-refractivity contribution in [2.45, 2.75) is 45.2 Å². The van der Waals surface area contributed by atoms with Crippen molar-refractivity contribution < 1.29 is 9.21 Å². The summed E-state index contributed by atoms with van der Waals surface area (Å²) < 4.78 is 8.69. The molecule has 1 aromatic carbocycles. The number of carbonyl (C=O) groups is 1. The SMILES string of the molecule is Cc1cnc(C2CCC2)n1CCNC(=O)Cn1c(=O)oc2ccccc21. The highest BCUT2D eigenvalue weighted by Crippen LogP contribution is 2.35. The van der Waals surface area contributed by atoms with E-state index >= 15 is 0 Å². The standard InChI is InChI=1S/C19H22N4O3/c1-13-11-21-18(14-5-4-6-14)22(13)10-9-20-17(24)12-23-15-7-2-3-8-16(15)26-19(23)25/h2-3,7-8,11,14H,4-6,9-10,12H2,1H3,(H,20,24). The maximum absolute atomic E-state index is 12.3. The highest BCUT2D eigenvalue weighted by Gasteiger charge is 2.24. The van der Waals surface area contributed by atoms with Crippen LogP contribution in [0.1, 0.15) is 36.7 Å². The Balaban J connectivity index is 1.38. The van der Waals surface area contributed by atoms with Crippen LogP contribution < -0.4 is 11.1 Å². The number of aryl methyl sites for hydroxylation is 1. The molecule has 26 heavy (non-hydrogen) atoms. The first-order chi connectivity index (χ1) is 12.6. The number of hydrogen-bond donors (Lipinski definition) is 1. The van der Waals surface area contributed by atoms with Crippen LogP contribution in [-0.2, 0) is 17.9 Å². The van der Waals surface area contributed by atoms with Gasteiger partial charge in [-0.3, -0.25) is 9.36 Å². The summed E-state index contributed by atoms with van der Waals surface area (Å²) in [5.74, 6) is 0.955. The second-order valence-electron chi connectivity index (χ2n) is 6.81. The quantitative estimate of drug-likeness (QED) is 0.736. The molecule has 7 heteroatoms. The van der Waals surface area contributed by atoms with Crippen molar-refractivity contribution in [3.8, 4) is 0 Å². The molecule has 1 aliphatic rings. The maximum Gasteiger partial charge on any atom is 0.420 e. The van der Waals surface area contributed by atoms with Gasteiger partial charge in [0.2, 0.25) is 5.91 Å². The van der Waals surface area contributed by atoms with Crippen molar-refractivity contribution in [2.75, 3.05) is 6.54 Å². The van der Waals surface area contributed by atoms with Crippen molar-refractivity contribution in [3.05, 3.63) is 52.5 Å². The van der Waals surface area contributed by atoms with Crippen LogP contribution in [-0.4, -0.2) is 26.6 Å². The largest absolute Gasteiger partial charge is 0.420 e. The Hall–Kier alpha value is -2.83. The monoisotopic (exact) mass is 354 g/mol. The summed E-state index contributed by atoms with van der Waals surface area (Å²) in [6.45, 7) is 3.17. The molecule has 2 heterocycles. The number of benzene rings is 1.